The van der Waals surface area contributed by atoms with Gasteiger partial charge in [0.05, 0.1) is 29.6 Å². The van der Waals surface area contributed by atoms with Crippen LogP contribution in [0, 0.1) is 0 Å². The van der Waals surface area contributed by atoms with Crippen molar-refractivity contribution in [1.82, 2.24) is 24.6 Å². The van der Waals surface area contributed by atoms with Gasteiger partial charge < -0.3 is 9.80 Å². The van der Waals surface area contributed by atoms with E-state index >= 15 is 0 Å². The molecule has 5 rings (SSSR count). The minimum atomic E-state index is -0.0350. The van der Waals surface area contributed by atoms with E-state index < -0.39 is 0 Å². The van der Waals surface area contributed by atoms with Crippen LogP contribution >= 0.6 is 22.7 Å². The summed E-state index contributed by atoms with van der Waals surface area (Å²) in [7, 11) is 0. The number of carbonyl (C=O) groups excluding carboxylic acids is 2. The molecular weight excluding hydrogens is 490 g/mol. The molecule has 3 aromatic heterocycles. The second kappa shape index (κ2) is 10.8. The zero-order valence-electron chi connectivity index (χ0n) is 20.5. The largest absolute Gasteiger partial charge is 0.336 e. The Hall–Kier alpha value is -3.30. The molecular formula is C27H29N5O2S2. The maximum Gasteiger partial charge on any atom is 0.257 e. The van der Waals surface area contributed by atoms with Gasteiger partial charge in [-0.1, -0.05) is 49.7 Å². The molecule has 4 aromatic rings. The fraction of sp³-hybridized carbons (Fsp3) is 0.333. The summed E-state index contributed by atoms with van der Waals surface area (Å²) < 4.78 is 1.82. The van der Waals surface area contributed by atoms with E-state index in [2.05, 4.69) is 12.0 Å². The molecule has 2 amide bonds. The molecule has 0 aliphatic carbocycles. The lowest BCUT2D eigenvalue weighted by atomic mass is 10.1. The summed E-state index contributed by atoms with van der Waals surface area (Å²) in [5.74, 6) is 0.0938. The van der Waals surface area contributed by atoms with Crippen molar-refractivity contribution in [2.45, 2.75) is 39.2 Å². The molecule has 0 bridgehead atoms. The van der Waals surface area contributed by atoms with E-state index in [0.29, 0.717) is 31.6 Å². The molecule has 36 heavy (non-hydrogen) atoms. The molecule has 4 heterocycles. The quantitative estimate of drug-likeness (QED) is 0.347. The molecule has 0 saturated carbocycles. The van der Waals surface area contributed by atoms with Gasteiger partial charge in [-0.05, 0) is 24.8 Å². The average Bonchev–Trinajstić information content (AvgIpc) is 3.65. The van der Waals surface area contributed by atoms with Crippen LogP contribution in [0.3, 0.4) is 0 Å². The second-order valence-corrected chi connectivity index (χ2v) is 10.9. The Morgan fingerprint density at radius 3 is 2.64 bits per heavy atom. The lowest BCUT2D eigenvalue weighted by molar-refractivity contribution is -0.134. The third-order valence-corrected chi connectivity index (χ3v) is 8.16. The molecule has 1 aromatic carbocycles. The smallest absolute Gasteiger partial charge is 0.257 e. The van der Waals surface area contributed by atoms with E-state index in [-0.39, 0.29) is 17.9 Å². The van der Waals surface area contributed by atoms with Crippen molar-refractivity contribution in [1.29, 1.82) is 0 Å². The monoisotopic (exact) mass is 519 g/mol. The van der Waals surface area contributed by atoms with E-state index in [1.807, 2.05) is 74.6 Å². The Morgan fingerprint density at radius 2 is 1.92 bits per heavy atom. The summed E-state index contributed by atoms with van der Waals surface area (Å²) in [6.45, 7) is 5.69. The maximum atomic E-state index is 13.6. The number of thiophene rings is 1. The number of hydrogen-bond acceptors (Lipinski definition) is 6. The Labute approximate surface area is 219 Å². The predicted molar refractivity (Wildman–Crippen MR) is 144 cm³/mol. The zero-order valence-corrected chi connectivity index (χ0v) is 22.1. The summed E-state index contributed by atoms with van der Waals surface area (Å²) >= 11 is 3.12. The van der Waals surface area contributed by atoms with Crippen molar-refractivity contribution in [3.63, 3.8) is 0 Å². The highest BCUT2D eigenvalue weighted by atomic mass is 32.1. The standard InChI is InChI=1S/C27H29N5O2S2/c1-3-8-24-22(16-28-32(24)27-29-23(18-36-27)20-9-5-4-6-10-20)26(34)30-12-13-31(19(2)17-30)25(33)15-21-11-7-14-35-21/h4-7,9-11,14,16,18-19H,3,8,12-13,15,17H2,1-2H3. The van der Waals surface area contributed by atoms with Crippen LogP contribution in [-0.4, -0.2) is 62.1 Å². The summed E-state index contributed by atoms with van der Waals surface area (Å²) in [6, 6.07) is 14.0. The van der Waals surface area contributed by atoms with Crippen LogP contribution in [-0.2, 0) is 17.6 Å². The molecule has 1 unspecified atom stereocenters. The normalized spacial score (nSPS) is 15.9. The van der Waals surface area contributed by atoms with Crippen LogP contribution in [0.4, 0.5) is 0 Å². The average molecular weight is 520 g/mol. The number of benzene rings is 1. The van der Waals surface area contributed by atoms with Gasteiger partial charge in [0.1, 0.15) is 0 Å². The third kappa shape index (κ3) is 4.99. The van der Waals surface area contributed by atoms with E-state index in [0.717, 1.165) is 39.8 Å². The van der Waals surface area contributed by atoms with Crippen LogP contribution in [0.2, 0.25) is 0 Å². The van der Waals surface area contributed by atoms with E-state index in [1.54, 1.807) is 17.5 Å². The second-order valence-electron chi connectivity index (χ2n) is 8.99. The number of amides is 2. The SMILES string of the molecule is CCCc1c(C(=O)N2CCN(C(=O)Cc3cccs3)C(C)C2)cnn1-c1nc(-c2ccccc2)cs1. The molecule has 1 aliphatic rings. The van der Waals surface area contributed by atoms with Crippen LogP contribution in [0.25, 0.3) is 16.4 Å². The number of carbonyl (C=O) groups is 2. The van der Waals surface area contributed by atoms with Crippen molar-refractivity contribution < 1.29 is 9.59 Å². The van der Waals surface area contributed by atoms with Crippen LogP contribution in [0.15, 0.2) is 59.4 Å². The maximum absolute atomic E-state index is 13.6. The summed E-state index contributed by atoms with van der Waals surface area (Å²) in [5, 5.41) is 9.36. The van der Waals surface area contributed by atoms with Gasteiger partial charge >= 0.3 is 0 Å². The number of piperazine rings is 1. The van der Waals surface area contributed by atoms with Crippen molar-refractivity contribution >= 4 is 34.5 Å². The minimum Gasteiger partial charge on any atom is -0.336 e. The Balaban J connectivity index is 1.32. The minimum absolute atomic E-state index is 0.0262. The zero-order chi connectivity index (χ0) is 25.1. The van der Waals surface area contributed by atoms with Gasteiger partial charge in [0.2, 0.25) is 11.0 Å². The number of rotatable bonds is 7. The fourth-order valence-electron chi connectivity index (χ4n) is 4.64. The molecule has 186 valence electrons. The third-order valence-electron chi connectivity index (χ3n) is 6.47. The highest BCUT2D eigenvalue weighted by Gasteiger charge is 2.32. The van der Waals surface area contributed by atoms with Gasteiger partial charge in [-0.2, -0.15) is 5.10 Å². The molecule has 7 nitrogen and oxygen atoms in total. The van der Waals surface area contributed by atoms with Gasteiger partial charge in [0, 0.05) is 41.5 Å². The van der Waals surface area contributed by atoms with Gasteiger partial charge in [-0.3, -0.25) is 9.59 Å². The first-order valence-corrected chi connectivity index (χ1v) is 14.0. The lowest BCUT2D eigenvalue weighted by Gasteiger charge is -2.40. The molecule has 1 atom stereocenters. The molecule has 0 N–H and O–H groups in total. The molecule has 1 fully saturated rings. The van der Waals surface area contributed by atoms with Crippen molar-refractivity contribution in [3.05, 3.63) is 75.6 Å². The summed E-state index contributed by atoms with van der Waals surface area (Å²) in [5.41, 5.74) is 3.47. The molecule has 1 saturated heterocycles. The lowest BCUT2D eigenvalue weighted by Crippen LogP contribution is -2.55. The van der Waals surface area contributed by atoms with Gasteiger partial charge in [-0.25, -0.2) is 9.67 Å². The first-order chi connectivity index (χ1) is 17.5. The van der Waals surface area contributed by atoms with Crippen molar-refractivity contribution in [3.8, 4) is 16.4 Å². The Morgan fingerprint density at radius 1 is 1.08 bits per heavy atom. The van der Waals surface area contributed by atoms with E-state index in [4.69, 9.17) is 4.98 Å². The highest BCUT2D eigenvalue weighted by molar-refractivity contribution is 7.12. The first-order valence-electron chi connectivity index (χ1n) is 12.2. The van der Waals surface area contributed by atoms with Crippen LogP contribution < -0.4 is 0 Å². The molecule has 0 spiro atoms. The van der Waals surface area contributed by atoms with Crippen LogP contribution in [0.1, 0.15) is 41.2 Å². The van der Waals surface area contributed by atoms with Gasteiger partial charge in [0.15, 0.2) is 0 Å². The summed E-state index contributed by atoms with van der Waals surface area (Å²) in [6.07, 6.45) is 3.72. The number of thiazole rings is 1. The number of nitrogens with zero attached hydrogens (tertiary/aromatic N) is 5. The predicted octanol–water partition coefficient (Wildman–Crippen LogP) is 4.93. The van der Waals surface area contributed by atoms with E-state index in [1.165, 1.54) is 11.3 Å². The highest BCUT2D eigenvalue weighted by Crippen LogP contribution is 2.27. The fourth-order valence-corrected chi connectivity index (χ4v) is 6.15. The van der Waals surface area contributed by atoms with E-state index in [9.17, 15) is 9.59 Å². The molecule has 9 heteroatoms. The Bertz CT molecular complexity index is 1330. The van der Waals surface area contributed by atoms with Gasteiger partial charge in [0.25, 0.3) is 5.91 Å². The van der Waals surface area contributed by atoms with Crippen LogP contribution in [0.5, 0.6) is 0 Å². The van der Waals surface area contributed by atoms with Crippen molar-refractivity contribution in [2.24, 2.45) is 0 Å². The number of hydrogen-bond donors (Lipinski definition) is 0. The van der Waals surface area contributed by atoms with Crippen molar-refractivity contribution in [2.75, 3.05) is 19.6 Å². The summed E-state index contributed by atoms with van der Waals surface area (Å²) in [4.78, 5) is 36.1. The van der Waals surface area contributed by atoms with Gasteiger partial charge in [-0.15, -0.1) is 22.7 Å². The first kappa shape index (κ1) is 24.4. The topological polar surface area (TPSA) is 71.3 Å². The molecule has 1 aliphatic heterocycles. The number of aromatic nitrogens is 3. The molecule has 0 radical (unpaired) electrons. The Kier molecular flexibility index (Phi) is 7.29.